The van der Waals surface area contributed by atoms with Gasteiger partial charge < -0.3 is 19.3 Å². The first-order chi connectivity index (χ1) is 9.65. The number of anilines is 1. The van der Waals surface area contributed by atoms with Gasteiger partial charge >= 0.3 is 5.97 Å². The highest BCUT2D eigenvalue weighted by Crippen LogP contribution is 2.33. The van der Waals surface area contributed by atoms with Gasteiger partial charge in [0.2, 0.25) is 0 Å². The Bertz CT molecular complexity index is 567. The Morgan fingerprint density at radius 1 is 1.50 bits per heavy atom. The second-order valence-corrected chi connectivity index (χ2v) is 5.23. The number of carbonyl (C=O) groups is 1. The van der Waals surface area contributed by atoms with Gasteiger partial charge in [-0.3, -0.25) is 9.59 Å². The van der Waals surface area contributed by atoms with E-state index in [1.165, 1.54) is 0 Å². The van der Waals surface area contributed by atoms with Gasteiger partial charge in [-0.1, -0.05) is 0 Å². The molecule has 0 spiro atoms. The van der Waals surface area contributed by atoms with Crippen molar-refractivity contribution in [2.24, 2.45) is 0 Å². The Kier molecular flexibility index (Phi) is 3.43. The number of rotatable bonds is 4. The molecule has 1 N–H and O–H groups in total. The Balaban J connectivity index is 1.80. The molecule has 20 heavy (non-hydrogen) atoms. The average Bonchev–Trinajstić information content (AvgIpc) is 3.23. The van der Waals surface area contributed by atoms with E-state index in [2.05, 4.69) is 4.98 Å². The smallest absolute Gasteiger partial charge is 0.306 e. The predicted molar refractivity (Wildman–Crippen MR) is 71.0 cm³/mol. The van der Waals surface area contributed by atoms with Crippen molar-refractivity contribution in [3.63, 3.8) is 0 Å². The lowest BCUT2D eigenvalue weighted by Crippen LogP contribution is -2.46. The van der Waals surface area contributed by atoms with Gasteiger partial charge in [-0.05, 0) is 12.8 Å². The maximum atomic E-state index is 12.4. The van der Waals surface area contributed by atoms with Gasteiger partial charge in [-0.2, -0.15) is 0 Å². The van der Waals surface area contributed by atoms with E-state index in [-0.39, 0.29) is 12.0 Å². The van der Waals surface area contributed by atoms with Gasteiger partial charge in [0, 0.05) is 31.5 Å². The van der Waals surface area contributed by atoms with E-state index >= 15 is 0 Å². The Labute approximate surface area is 115 Å². The molecule has 7 nitrogen and oxygen atoms in total. The fourth-order valence-electron chi connectivity index (χ4n) is 2.50. The number of hydrogen-bond acceptors (Lipinski definition) is 5. The first-order valence-electron chi connectivity index (χ1n) is 6.80. The molecule has 3 rings (SSSR count). The van der Waals surface area contributed by atoms with Gasteiger partial charge in [0.15, 0.2) is 5.82 Å². The lowest BCUT2D eigenvalue weighted by atomic mass is 10.2. The third-order valence-electron chi connectivity index (χ3n) is 3.63. The van der Waals surface area contributed by atoms with Gasteiger partial charge in [-0.15, -0.1) is 0 Å². The van der Waals surface area contributed by atoms with E-state index in [1.54, 1.807) is 17.0 Å². The molecule has 0 aromatic carbocycles. The Hall–Kier alpha value is -1.89. The van der Waals surface area contributed by atoms with E-state index in [1.807, 2.05) is 4.90 Å². The summed E-state index contributed by atoms with van der Waals surface area (Å²) in [7, 11) is 0. The minimum absolute atomic E-state index is 0.0554. The van der Waals surface area contributed by atoms with Crippen LogP contribution in [0.5, 0.6) is 0 Å². The molecule has 7 heteroatoms. The summed E-state index contributed by atoms with van der Waals surface area (Å²) in [5.74, 6) is -0.494. The number of ether oxygens (including phenoxy) is 1. The molecule has 2 aliphatic rings. The first kappa shape index (κ1) is 13.1. The van der Waals surface area contributed by atoms with Crippen molar-refractivity contribution in [3.05, 3.63) is 22.7 Å². The molecule has 1 unspecified atom stereocenters. The van der Waals surface area contributed by atoms with Crippen LogP contribution in [0.3, 0.4) is 0 Å². The average molecular weight is 279 g/mol. The van der Waals surface area contributed by atoms with Gasteiger partial charge in [-0.25, -0.2) is 4.98 Å². The van der Waals surface area contributed by atoms with Crippen LogP contribution in [-0.2, 0) is 9.53 Å². The molecule has 2 heterocycles. The molecule has 1 aromatic rings. The molecule has 1 saturated heterocycles. The van der Waals surface area contributed by atoms with E-state index in [9.17, 15) is 9.59 Å². The largest absolute Gasteiger partial charge is 0.481 e. The molecule has 1 atom stereocenters. The molecule has 1 aliphatic carbocycles. The number of hydrogen-bond donors (Lipinski definition) is 1. The summed E-state index contributed by atoms with van der Waals surface area (Å²) >= 11 is 0. The SMILES string of the molecule is O=C(O)CC1CN(c2nccn(C3CC3)c2=O)CCO1. The van der Waals surface area contributed by atoms with Crippen molar-refractivity contribution < 1.29 is 14.6 Å². The summed E-state index contributed by atoms with van der Waals surface area (Å²) in [5.41, 5.74) is -0.0917. The van der Waals surface area contributed by atoms with Crippen LogP contribution < -0.4 is 10.5 Å². The molecule has 108 valence electrons. The van der Waals surface area contributed by atoms with Gasteiger partial charge in [0.25, 0.3) is 5.56 Å². The zero-order valence-corrected chi connectivity index (χ0v) is 11.1. The van der Waals surface area contributed by atoms with Crippen LogP contribution in [-0.4, -0.2) is 46.4 Å². The molecule has 1 saturated carbocycles. The zero-order valence-electron chi connectivity index (χ0n) is 11.1. The molecule has 1 aliphatic heterocycles. The number of carboxylic acids is 1. The monoisotopic (exact) mass is 279 g/mol. The standard InChI is InChI=1S/C13H17N3O4/c17-11(18)7-10-8-15(5-6-20-10)12-13(19)16(4-3-14-12)9-1-2-9/h3-4,9-10H,1-2,5-8H2,(H,17,18). The van der Waals surface area contributed by atoms with Gasteiger partial charge in [0.05, 0.1) is 19.1 Å². The van der Waals surface area contributed by atoms with Crippen LogP contribution in [0.1, 0.15) is 25.3 Å². The number of aromatic nitrogens is 2. The highest BCUT2D eigenvalue weighted by atomic mass is 16.5. The van der Waals surface area contributed by atoms with Crippen LogP contribution in [0.15, 0.2) is 17.2 Å². The summed E-state index contributed by atoms with van der Waals surface area (Å²) in [5, 5.41) is 8.82. The number of nitrogens with zero attached hydrogens (tertiary/aromatic N) is 3. The Morgan fingerprint density at radius 3 is 3.00 bits per heavy atom. The third kappa shape index (κ3) is 2.67. The van der Waals surface area contributed by atoms with Crippen LogP contribution in [0.4, 0.5) is 5.82 Å². The highest BCUT2D eigenvalue weighted by Gasteiger charge is 2.29. The molecule has 2 fully saturated rings. The second kappa shape index (κ2) is 5.24. The zero-order chi connectivity index (χ0) is 14.1. The predicted octanol–water partition coefficient (Wildman–Crippen LogP) is 0.258. The molecule has 0 radical (unpaired) electrons. The molecule has 0 bridgehead atoms. The molecule has 0 amide bonds. The molecule has 1 aromatic heterocycles. The summed E-state index contributed by atoms with van der Waals surface area (Å²) in [6.07, 6.45) is 4.98. The van der Waals surface area contributed by atoms with Crippen LogP contribution >= 0.6 is 0 Å². The quantitative estimate of drug-likeness (QED) is 0.851. The topological polar surface area (TPSA) is 84.7 Å². The first-order valence-corrected chi connectivity index (χ1v) is 6.80. The fourth-order valence-corrected chi connectivity index (χ4v) is 2.50. The van der Waals surface area contributed by atoms with Crippen molar-refractivity contribution in [2.75, 3.05) is 24.6 Å². The Morgan fingerprint density at radius 2 is 2.30 bits per heavy atom. The third-order valence-corrected chi connectivity index (χ3v) is 3.63. The lowest BCUT2D eigenvalue weighted by Gasteiger charge is -2.32. The van der Waals surface area contributed by atoms with Crippen LogP contribution in [0.2, 0.25) is 0 Å². The van der Waals surface area contributed by atoms with E-state index in [4.69, 9.17) is 9.84 Å². The number of morpholine rings is 1. The van der Waals surface area contributed by atoms with Gasteiger partial charge in [0.1, 0.15) is 0 Å². The summed E-state index contributed by atoms with van der Waals surface area (Å²) in [4.78, 5) is 29.1. The van der Waals surface area contributed by atoms with Crippen molar-refractivity contribution >= 4 is 11.8 Å². The van der Waals surface area contributed by atoms with E-state index in [0.29, 0.717) is 31.6 Å². The summed E-state index contributed by atoms with van der Waals surface area (Å²) in [6, 6.07) is 0.306. The van der Waals surface area contributed by atoms with Crippen molar-refractivity contribution in [2.45, 2.75) is 31.4 Å². The second-order valence-electron chi connectivity index (χ2n) is 5.23. The minimum atomic E-state index is -0.895. The van der Waals surface area contributed by atoms with Crippen molar-refractivity contribution in [1.29, 1.82) is 0 Å². The van der Waals surface area contributed by atoms with Crippen LogP contribution in [0.25, 0.3) is 0 Å². The van der Waals surface area contributed by atoms with E-state index in [0.717, 1.165) is 12.8 Å². The maximum Gasteiger partial charge on any atom is 0.306 e. The molecular weight excluding hydrogens is 262 g/mol. The van der Waals surface area contributed by atoms with Crippen LogP contribution in [0, 0.1) is 0 Å². The molecular formula is C13H17N3O4. The number of aliphatic carboxylic acids is 1. The minimum Gasteiger partial charge on any atom is -0.481 e. The lowest BCUT2D eigenvalue weighted by molar-refractivity contribution is -0.140. The summed E-state index contributed by atoms with van der Waals surface area (Å²) in [6.45, 7) is 1.37. The van der Waals surface area contributed by atoms with E-state index < -0.39 is 12.1 Å². The maximum absolute atomic E-state index is 12.4. The summed E-state index contributed by atoms with van der Waals surface area (Å²) < 4.78 is 7.14. The van der Waals surface area contributed by atoms with Crippen molar-refractivity contribution in [3.8, 4) is 0 Å². The highest BCUT2D eigenvalue weighted by molar-refractivity contribution is 5.67. The number of carboxylic acid groups (broad SMARTS) is 1. The van der Waals surface area contributed by atoms with Crippen molar-refractivity contribution in [1.82, 2.24) is 9.55 Å². The normalized spacial score (nSPS) is 22.8. The fraction of sp³-hybridized carbons (Fsp3) is 0.615.